The van der Waals surface area contributed by atoms with E-state index in [2.05, 4.69) is 15.9 Å². The van der Waals surface area contributed by atoms with E-state index < -0.39 is 4.92 Å². The number of hydrogen-bond donors (Lipinski definition) is 0. The highest BCUT2D eigenvalue weighted by Gasteiger charge is 2.30. The Morgan fingerprint density at radius 1 is 1.50 bits per heavy atom. The highest BCUT2D eigenvalue weighted by molar-refractivity contribution is 9.09. The van der Waals surface area contributed by atoms with Crippen LogP contribution in [0, 0.1) is 10.1 Å². The molecule has 0 bridgehead atoms. The molecule has 0 aliphatic rings. The third kappa shape index (κ3) is 2.35. The summed E-state index contributed by atoms with van der Waals surface area (Å²) in [5.41, 5.74) is 0.417. The molecule has 0 radical (unpaired) electrons. The van der Waals surface area contributed by atoms with Crippen molar-refractivity contribution >= 4 is 21.6 Å². The summed E-state index contributed by atoms with van der Waals surface area (Å²) in [4.78, 5) is 10.7. The van der Waals surface area contributed by atoms with Crippen LogP contribution < -0.4 is 4.74 Å². The van der Waals surface area contributed by atoms with Crippen molar-refractivity contribution in [2.75, 3.05) is 12.4 Å². The molecule has 16 heavy (non-hydrogen) atoms. The van der Waals surface area contributed by atoms with Crippen molar-refractivity contribution in [2.45, 2.75) is 19.3 Å². The molecule has 0 aliphatic carbocycles. The average Bonchev–Trinajstić information content (AvgIpc) is 2.27. The van der Waals surface area contributed by atoms with Crippen LogP contribution in [0.25, 0.3) is 0 Å². The molecule has 0 unspecified atom stereocenters. The summed E-state index contributed by atoms with van der Waals surface area (Å²) >= 11 is 3.37. The maximum atomic E-state index is 11.1. The minimum absolute atomic E-state index is 0.0504. The third-order valence-corrected chi connectivity index (χ3v) is 3.87. The zero-order valence-electron chi connectivity index (χ0n) is 9.49. The van der Waals surface area contributed by atoms with Crippen molar-refractivity contribution in [3.8, 4) is 5.75 Å². The number of alkyl halides is 1. The van der Waals surface area contributed by atoms with Crippen LogP contribution in [0.4, 0.5) is 5.69 Å². The first-order valence-electron chi connectivity index (χ1n) is 4.82. The Bertz CT molecular complexity index is 404. The number of halogens is 1. The van der Waals surface area contributed by atoms with Gasteiger partial charge >= 0.3 is 5.69 Å². The van der Waals surface area contributed by atoms with Crippen molar-refractivity contribution in [1.82, 2.24) is 0 Å². The molecule has 1 rings (SSSR count). The van der Waals surface area contributed by atoms with E-state index in [-0.39, 0.29) is 11.1 Å². The van der Waals surface area contributed by atoms with Gasteiger partial charge < -0.3 is 4.74 Å². The lowest BCUT2D eigenvalue weighted by atomic mass is 9.85. The van der Waals surface area contributed by atoms with Gasteiger partial charge in [-0.05, 0) is 6.07 Å². The van der Waals surface area contributed by atoms with Crippen LogP contribution in [0.2, 0.25) is 0 Å². The molecule has 0 heterocycles. The fourth-order valence-corrected chi connectivity index (χ4v) is 1.80. The van der Waals surface area contributed by atoms with Gasteiger partial charge in [0.05, 0.1) is 12.0 Å². The van der Waals surface area contributed by atoms with Crippen LogP contribution in [-0.2, 0) is 5.41 Å². The van der Waals surface area contributed by atoms with Gasteiger partial charge in [-0.2, -0.15) is 0 Å². The number of nitro benzene ring substituents is 1. The molecule has 1 aromatic rings. The summed E-state index contributed by atoms with van der Waals surface area (Å²) in [6.45, 7) is 3.90. The van der Waals surface area contributed by atoms with Gasteiger partial charge in [-0.25, -0.2) is 0 Å². The number of benzene rings is 1. The van der Waals surface area contributed by atoms with E-state index in [1.165, 1.54) is 7.11 Å². The topological polar surface area (TPSA) is 52.4 Å². The number of nitro groups is 1. The smallest absolute Gasteiger partial charge is 0.314 e. The highest BCUT2D eigenvalue weighted by atomic mass is 79.9. The molecule has 0 N–H and O–H groups in total. The molecule has 0 saturated heterocycles. The van der Waals surface area contributed by atoms with Gasteiger partial charge in [-0.15, -0.1) is 0 Å². The third-order valence-electron chi connectivity index (χ3n) is 2.46. The summed E-state index contributed by atoms with van der Waals surface area (Å²) < 4.78 is 5.03. The van der Waals surface area contributed by atoms with E-state index in [1.54, 1.807) is 18.2 Å². The Morgan fingerprint density at radius 3 is 2.56 bits per heavy atom. The molecule has 0 spiro atoms. The molecule has 0 amide bonds. The Balaban J connectivity index is 3.45. The van der Waals surface area contributed by atoms with E-state index in [0.717, 1.165) is 0 Å². The zero-order valence-corrected chi connectivity index (χ0v) is 11.1. The predicted octanol–water partition coefficient (Wildman–Crippen LogP) is 3.28. The van der Waals surface area contributed by atoms with E-state index in [0.29, 0.717) is 16.6 Å². The number of hydrogen-bond acceptors (Lipinski definition) is 3. The summed E-state index contributed by atoms with van der Waals surface area (Å²) in [6, 6.07) is 5.14. The van der Waals surface area contributed by atoms with Crippen LogP contribution in [0.15, 0.2) is 18.2 Å². The Morgan fingerprint density at radius 2 is 2.12 bits per heavy atom. The average molecular weight is 288 g/mol. The number of para-hydroxylation sites is 1. The second-order valence-electron chi connectivity index (χ2n) is 4.13. The van der Waals surface area contributed by atoms with Gasteiger partial charge in [0.15, 0.2) is 5.75 Å². The quantitative estimate of drug-likeness (QED) is 0.485. The Kier molecular flexibility index (Phi) is 3.91. The molecule has 0 fully saturated rings. The number of nitrogens with zero attached hydrogens (tertiary/aromatic N) is 1. The first-order chi connectivity index (χ1) is 7.44. The van der Waals surface area contributed by atoms with Gasteiger partial charge in [-0.3, -0.25) is 10.1 Å². The molecular weight excluding hydrogens is 274 g/mol. The van der Waals surface area contributed by atoms with Crippen molar-refractivity contribution in [3.63, 3.8) is 0 Å². The lowest BCUT2D eigenvalue weighted by Crippen LogP contribution is -2.20. The van der Waals surface area contributed by atoms with Crippen LogP contribution >= 0.6 is 15.9 Å². The molecule has 1 aromatic carbocycles. The van der Waals surface area contributed by atoms with Crippen molar-refractivity contribution in [3.05, 3.63) is 33.9 Å². The monoisotopic (exact) mass is 287 g/mol. The minimum Gasteiger partial charge on any atom is -0.490 e. The number of ether oxygens (including phenoxy) is 1. The largest absolute Gasteiger partial charge is 0.490 e. The molecule has 88 valence electrons. The molecule has 5 heteroatoms. The number of methoxy groups -OCH3 is 1. The van der Waals surface area contributed by atoms with E-state index >= 15 is 0 Å². The van der Waals surface area contributed by atoms with Gasteiger partial charge in [0, 0.05) is 16.3 Å². The SMILES string of the molecule is COc1cccc(C(C)(C)CBr)c1[N+](=O)[O-]. The predicted molar refractivity (Wildman–Crippen MR) is 66.5 cm³/mol. The fraction of sp³-hybridized carbons (Fsp3) is 0.455. The summed E-state index contributed by atoms with van der Waals surface area (Å²) in [5.74, 6) is 0.302. The maximum absolute atomic E-state index is 11.1. The molecule has 0 saturated carbocycles. The summed E-state index contributed by atoms with van der Waals surface area (Å²) in [6.07, 6.45) is 0. The number of rotatable bonds is 4. The van der Waals surface area contributed by atoms with E-state index in [9.17, 15) is 10.1 Å². The second kappa shape index (κ2) is 4.82. The lowest BCUT2D eigenvalue weighted by molar-refractivity contribution is -0.386. The molecule has 0 aromatic heterocycles. The van der Waals surface area contributed by atoms with Crippen LogP contribution in [0.1, 0.15) is 19.4 Å². The zero-order chi connectivity index (χ0) is 12.3. The summed E-state index contributed by atoms with van der Waals surface area (Å²) in [7, 11) is 1.44. The lowest BCUT2D eigenvalue weighted by Gasteiger charge is -2.22. The second-order valence-corrected chi connectivity index (χ2v) is 4.69. The fourth-order valence-electron chi connectivity index (χ4n) is 1.49. The van der Waals surface area contributed by atoms with Crippen LogP contribution in [0.5, 0.6) is 5.75 Å². The van der Waals surface area contributed by atoms with Gasteiger partial charge in [0.1, 0.15) is 0 Å². The van der Waals surface area contributed by atoms with Gasteiger partial charge in [0.2, 0.25) is 0 Å². The Hall–Kier alpha value is -1.10. The van der Waals surface area contributed by atoms with Crippen LogP contribution in [-0.4, -0.2) is 17.4 Å². The van der Waals surface area contributed by atoms with Gasteiger partial charge in [0.25, 0.3) is 0 Å². The minimum atomic E-state index is -0.390. The van der Waals surface area contributed by atoms with Crippen molar-refractivity contribution in [1.29, 1.82) is 0 Å². The maximum Gasteiger partial charge on any atom is 0.314 e. The van der Waals surface area contributed by atoms with E-state index in [4.69, 9.17) is 4.74 Å². The molecule has 4 nitrogen and oxygen atoms in total. The van der Waals surface area contributed by atoms with Crippen molar-refractivity contribution < 1.29 is 9.66 Å². The van der Waals surface area contributed by atoms with E-state index in [1.807, 2.05) is 13.8 Å². The standard InChI is InChI=1S/C11H14BrNO3/c1-11(2,7-12)8-5-4-6-9(16-3)10(8)13(14)15/h4-6H,7H2,1-3H3. The Labute approximate surface area is 103 Å². The summed E-state index contributed by atoms with van der Waals surface area (Å²) in [5, 5.41) is 11.7. The molecule has 0 atom stereocenters. The van der Waals surface area contributed by atoms with Crippen LogP contribution in [0.3, 0.4) is 0 Å². The normalized spacial score (nSPS) is 11.2. The highest BCUT2D eigenvalue weighted by Crippen LogP contribution is 2.38. The molecular formula is C11H14BrNO3. The van der Waals surface area contributed by atoms with Crippen molar-refractivity contribution in [2.24, 2.45) is 0 Å². The first-order valence-corrected chi connectivity index (χ1v) is 5.94. The van der Waals surface area contributed by atoms with Gasteiger partial charge in [-0.1, -0.05) is 41.9 Å². The molecule has 0 aliphatic heterocycles. The first kappa shape index (κ1) is 13.0.